The zero-order valence-corrected chi connectivity index (χ0v) is 15.3. The first-order valence-electron chi connectivity index (χ1n) is 8.23. The maximum absolute atomic E-state index is 12.6. The molecule has 0 spiro atoms. The first-order chi connectivity index (χ1) is 11.7. The molecule has 126 valence electrons. The quantitative estimate of drug-likeness (QED) is 0.438. The van der Waals surface area contributed by atoms with Crippen LogP contribution in [0.2, 0.25) is 0 Å². The number of fused-ring (bicyclic) bond motifs is 1. The average molecular weight is 361 g/mol. The summed E-state index contributed by atoms with van der Waals surface area (Å²) < 4.78 is 1.41. The molecule has 0 amide bonds. The molecule has 0 aromatic carbocycles. The van der Waals surface area contributed by atoms with Crippen LogP contribution in [-0.4, -0.2) is 15.3 Å². The fourth-order valence-electron chi connectivity index (χ4n) is 2.64. The molecule has 6 heteroatoms. The minimum absolute atomic E-state index is 0.0456. The van der Waals surface area contributed by atoms with E-state index >= 15 is 0 Å². The third-order valence-electron chi connectivity index (χ3n) is 3.96. The number of thiophene rings is 2. The fraction of sp³-hybridized carbons (Fsp3) is 0.389. The zero-order chi connectivity index (χ0) is 16.9. The van der Waals surface area contributed by atoms with Gasteiger partial charge in [0, 0.05) is 4.88 Å². The van der Waals surface area contributed by atoms with Gasteiger partial charge >= 0.3 is 0 Å². The van der Waals surface area contributed by atoms with Gasteiger partial charge < -0.3 is 0 Å². The number of hydrogen-bond donors (Lipinski definition) is 0. The molecule has 3 heterocycles. The number of aromatic nitrogens is 2. The summed E-state index contributed by atoms with van der Waals surface area (Å²) in [6.45, 7) is 2.24. The molecule has 0 aliphatic rings. The van der Waals surface area contributed by atoms with Crippen LogP contribution in [0.4, 0.5) is 0 Å². The highest BCUT2D eigenvalue weighted by atomic mass is 32.1. The normalized spacial score (nSPS) is 11.2. The van der Waals surface area contributed by atoms with Crippen molar-refractivity contribution in [2.45, 2.75) is 45.6 Å². The molecule has 0 saturated carbocycles. The van der Waals surface area contributed by atoms with Crippen LogP contribution in [0.5, 0.6) is 0 Å². The van der Waals surface area contributed by atoms with Crippen molar-refractivity contribution >= 4 is 38.7 Å². The van der Waals surface area contributed by atoms with E-state index in [1.54, 1.807) is 17.4 Å². The Balaban J connectivity index is 1.77. The van der Waals surface area contributed by atoms with Gasteiger partial charge in [0.1, 0.15) is 4.83 Å². The molecule has 3 aromatic heterocycles. The van der Waals surface area contributed by atoms with Gasteiger partial charge in [0.05, 0.1) is 23.1 Å². The minimum Gasteiger partial charge on any atom is -0.291 e. The topological polar surface area (TPSA) is 52.0 Å². The van der Waals surface area contributed by atoms with Gasteiger partial charge in [0.25, 0.3) is 5.56 Å². The third kappa shape index (κ3) is 3.82. The van der Waals surface area contributed by atoms with E-state index in [0.717, 1.165) is 17.7 Å². The molecular weight excluding hydrogens is 340 g/mol. The van der Waals surface area contributed by atoms with E-state index in [-0.39, 0.29) is 17.9 Å². The highest BCUT2D eigenvalue weighted by molar-refractivity contribution is 7.18. The lowest BCUT2D eigenvalue weighted by Crippen LogP contribution is -2.23. The van der Waals surface area contributed by atoms with E-state index in [2.05, 4.69) is 11.9 Å². The number of Topliss-reactive ketones (excluding diaryl/α,β-unsaturated/α-hetero) is 1. The SMILES string of the molecule is CCCCCCc1cc2c(=O)n(CC(=O)c3cccs3)cnc2s1. The van der Waals surface area contributed by atoms with E-state index in [1.165, 1.54) is 46.4 Å². The molecule has 0 atom stereocenters. The Hall–Kier alpha value is -1.79. The monoisotopic (exact) mass is 360 g/mol. The third-order valence-corrected chi connectivity index (χ3v) is 5.97. The van der Waals surface area contributed by atoms with E-state index in [4.69, 9.17) is 0 Å². The van der Waals surface area contributed by atoms with Gasteiger partial charge in [0.2, 0.25) is 0 Å². The standard InChI is InChI=1S/C18H20N2O2S2/c1-2-3-4-5-7-13-10-14-17(24-13)19-12-20(18(14)22)11-15(21)16-8-6-9-23-16/h6,8-10,12H,2-5,7,11H2,1H3. The highest BCUT2D eigenvalue weighted by Gasteiger charge is 2.13. The van der Waals surface area contributed by atoms with Gasteiger partial charge in [-0.15, -0.1) is 22.7 Å². The lowest BCUT2D eigenvalue weighted by molar-refractivity contribution is 0.0974. The molecule has 3 aromatic rings. The number of nitrogens with zero attached hydrogens (tertiary/aromatic N) is 2. The van der Waals surface area contributed by atoms with Crippen LogP contribution in [0.3, 0.4) is 0 Å². The van der Waals surface area contributed by atoms with Gasteiger partial charge in [-0.25, -0.2) is 4.98 Å². The minimum atomic E-state index is -0.124. The Bertz CT molecular complexity index is 878. The summed E-state index contributed by atoms with van der Waals surface area (Å²) in [5.74, 6) is -0.0525. The summed E-state index contributed by atoms with van der Waals surface area (Å²) in [4.78, 5) is 31.8. The number of ketones is 1. The van der Waals surface area contributed by atoms with Gasteiger partial charge in [-0.2, -0.15) is 0 Å². The molecule has 0 aliphatic heterocycles. The first kappa shape index (κ1) is 17.0. The van der Waals surface area contributed by atoms with E-state index in [9.17, 15) is 9.59 Å². The van der Waals surface area contributed by atoms with Crippen molar-refractivity contribution in [3.8, 4) is 0 Å². The second kappa shape index (κ2) is 7.85. The summed E-state index contributed by atoms with van der Waals surface area (Å²) in [5.41, 5.74) is -0.124. The summed E-state index contributed by atoms with van der Waals surface area (Å²) in [5, 5.41) is 2.49. The molecule has 0 N–H and O–H groups in total. The lowest BCUT2D eigenvalue weighted by atomic mass is 10.1. The number of carbonyl (C=O) groups is 1. The Kier molecular flexibility index (Phi) is 5.58. The van der Waals surface area contributed by atoms with Crippen molar-refractivity contribution in [2.24, 2.45) is 0 Å². The van der Waals surface area contributed by atoms with Crippen LogP contribution < -0.4 is 5.56 Å². The summed E-state index contributed by atoms with van der Waals surface area (Å²) in [6, 6.07) is 5.57. The van der Waals surface area contributed by atoms with Crippen molar-refractivity contribution in [1.29, 1.82) is 0 Å². The van der Waals surface area contributed by atoms with Crippen LogP contribution >= 0.6 is 22.7 Å². The molecule has 3 rings (SSSR count). The number of aryl methyl sites for hydroxylation is 1. The number of hydrogen-bond acceptors (Lipinski definition) is 5. The predicted octanol–water partition coefficient (Wildman–Crippen LogP) is 4.53. The zero-order valence-electron chi connectivity index (χ0n) is 13.7. The van der Waals surface area contributed by atoms with Crippen molar-refractivity contribution in [2.75, 3.05) is 0 Å². The van der Waals surface area contributed by atoms with E-state index in [1.807, 2.05) is 17.5 Å². The van der Waals surface area contributed by atoms with Gasteiger partial charge in [-0.1, -0.05) is 32.3 Å². The number of unbranched alkanes of at least 4 members (excludes halogenated alkanes) is 3. The lowest BCUT2D eigenvalue weighted by Gasteiger charge is -2.02. The summed E-state index contributed by atoms with van der Waals surface area (Å²) >= 11 is 2.98. The van der Waals surface area contributed by atoms with Gasteiger partial charge in [0.15, 0.2) is 5.78 Å². The molecule has 0 bridgehead atoms. The summed E-state index contributed by atoms with van der Waals surface area (Å²) in [7, 11) is 0. The Morgan fingerprint density at radius 1 is 1.29 bits per heavy atom. The molecule has 0 unspecified atom stereocenters. The van der Waals surface area contributed by atoms with E-state index in [0.29, 0.717) is 10.3 Å². The van der Waals surface area contributed by atoms with Crippen LogP contribution in [0.1, 0.15) is 47.2 Å². The number of carbonyl (C=O) groups excluding carboxylic acids is 1. The fourth-order valence-corrected chi connectivity index (χ4v) is 4.33. The van der Waals surface area contributed by atoms with Crippen molar-refractivity contribution < 1.29 is 4.79 Å². The molecule has 24 heavy (non-hydrogen) atoms. The highest BCUT2D eigenvalue weighted by Crippen LogP contribution is 2.23. The molecule has 0 fully saturated rings. The second-order valence-electron chi connectivity index (χ2n) is 5.82. The number of rotatable bonds is 8. The van der Waals surface area contributed by atoms with Crippen molar-refractivity contribution in [3.63, 3.8) is 0 Å². The largest absolute Gasteiger partial charge is 0.291 e. The van der Waals surface area contributed by atoms with Gasteiger partial charge in [-0.3, -0.25) is 14.2 Å². The van der Waals surface area contributed by atoms with Crippen LogP contribution in [0.15, 0.2) is 34.7 Å². The maximum Gasteiger partial charge on any atom is 0.262 e. The molecule has 0 aliphatic carbocycles. The Morgan fingerprint density at radius 2 is 2.17 bits per heavy atom. The smallest absolute Gasteiger partial charge is 0.262 e. The summed E-state index contributed by atoms with van der Waals surface area (Å²) in [6.07, 6.45) is 7.32. The molecule has 0 saturated heterocycles. The molecular formula is C18H20N2O2S2. The second-order valence-corrected chi connectivity index (χ2v) is 7.88. The Labute approximate surface area is 148 Å². The van der Waals surface area contributed by atoms with Crippen LogP contribution in [0, 0.1) is 0 Å². The average Bonchev–Trinajstić information content (AvgIpc) is 3.24. The predicted molar refractivity (Wildman–Crippen MR) is 100 cm³/mol. The first-order valence-corrected chi connectivity index (χ1v) is 9.93. The molecule has 0 radical (unpaired) electrons. The van der Waals surface area contributed by atoms with Crippen LogP contribution in [0.25, 0.3) is 10.2 Å². The van der Waals surface area contributed by atoms with Crippen LogP contribution in [-0.2, 0) is 13.0 Å². The van der Waals surface area contributed by atoms with Gasteiger partial charge in [-0.05, 0) is 30.4 Å². The van der Waals surface area contributed by atoms with Crippen molar-refractivity contribution in [1.82, 2.24) is 9.55 Å². The Morgan fingerprint density at radius 3 is 2.92 bits per heavy atom. The molecule has 4 nitrogen and oxygen atoms in total. The van der Waals surface area contributed by atoms with Crippen molar-refractivity contribution in [3.05, 3.63) is 50.0 Å². The maximum atomic E-state index is 12.6. The van der Waals surface area contributed by atoms with E-state index < -0.39 is 0 Å².